The minimum Gasteiger partial charge on any atom is -0.449 e. The standard InChI is InChI=1S/C8H6ClIO2/c9-8(11)12-5-6-2-1-3-7(10)4-6/h1-4H,5H2. The lowest BCUT2D eigenvalue weighted by atomic mass is 10.2. The monoisotopic (exact) mass is 296 g/mol. The third kappa shape index (κ3) is 3.40. The van der Waals surface area contributed by atoms with E-state index < -0.39 is 5.43 Å². The summed E-state index contributed by atoms with van der Waals surface area (Å²) in [7, 11) is 0. The Morgan fingerprint density at radius 2 is 2.33 bits per heavy atom. The van der Waals surface area contributed by atoms with Gasteiger partial charge in [0.25, 0.3) is 0 Å². The van der Waals surface area contributed by atoms with E-state index in [2.05, 4.69) is 27.3 Å². The SMILES string of the molecule is O=C(Cl)OCc1cccc(I)c1. The number of carbonyl (C=O) groups is 1. The number of carbonyl (C=O) groups excluding carboxylic acids is 1. The Morgan fingerprint density at radius 1 is 1.58 bits per heavy atom. The second-order valence-corrected chi connectivity index (χ2v) is 3.71. The molecule has 0 aliphatic carbocycles. The molecule has 12 heavy (non-hydrogen) atoms. The molecular weight excluding hydrogens is 290 g/mol. The predicted molar refractivity (Wildman–Crippen MR) is 55.2 cm³/mol. The summed E-state index contributed by atoms with van der Waals surface area (Å²) in [4.78, 5) is 10.2. The zero-order valence-corrected chi connectivity index (χ0v) is 9.00. The molecule has 0 unspecified atom stereocenters. The minimum absolute atomic E-state index is 0.235. The molecule has 0 amide bonds. The van der Waals surface area contributed by atoms with Crippen molar-refractivity contribution in [1.82, 2.24) is 0 Å². The first kappa shape index (κ1) is 9.80. The van der Waals surface area contributed by atoms with Gasteiger partial charge in [-0.2, -0.15) is 0 Å². The summed E-state index contributed by atoms with van der Waals surface area (Å²) in [5.41, 5.74) is 0.171. The number of hydrogen-bond donors (Lipinski definition) is 0. The Bertz CT molecular complexity index is 288. The van der Waals surface area contributed by atoms with Gasteiger partial charge in [0.05, 0.1) is 0 Å². The molecule has 4 heteroatoms. The molecule has 0 aliphatic heterocycles. The van der Waals surface area contributed by atoms with E-state index in [1.807, 2.05) is 24.3 Å². The molecular formula is C8H6ClIO2. The summed E-state index contributed by atoms with van der Waals surface area (Å²) in [5.74, 6) is 0. The largest absolute Gasteiger partial charge is 0.449 e. The maximum atomic E-state index is 10.2. The van der Waals surface area contributed by atoms with Crippen LogP contribution in [0, 0.1) is 3.57 Å². The van der Waals surface area contributed by atoms with Crippen molar-refractivity contribution in [1.29, 1.82) is 0 Å². The van der Waals surface area contributed by atoms with Crippen molar-refractivity contribution in [3.05, 3.63) is 33.4 Å². The van der Waals surface area contributed by atoms with E-state index in [-0.39, 0.29) is 6.61 Å². The number of hydrogen-bond acceptors (Lipinski definition) is 2. The van der Waals surface area contributed by atoms with Gasteiger partial charge in [-0.15, -0.1) is 0 Å². The average molecular weight is 296 g/mol. The van der Waals surface area contributed by atoms with Gasteiger partial charge >= 0.3 is 5.43 Å². The Balaban J connectivity index is 2.57. The zero-order valence-electron chi connectivity index (χ0n) is 6.09. The van der Waals surface area contributed by atoms with E-state index >= 15 is 0 Å². The fraction of sp³-hybridized carbons (Fsp3) is 0.125. The Kier molecular flexibility index (Phi) is 3.81. The van der Waals surface area contributed by atoms with Gasteiger partial charge < -0.3 is 4.74 Å². The Hall–Kier alpha value is -0.290. The molecule has 0 heterocycles. The first-order valence-corrected chi connectivity index (χ1v) is 4.71. The number of ether oxygens (including phenoxy) is 1. The lowest BCUT2D eigenvalue weighted by Crippen LogP contribution is -1.94. The molecule has 0 fully saturated rings. The molecule has 1 rings (SSSR count). The molecule has 0 aromatic heterocycles. The lowest BCUT2D eigenvalue weighted by molar-refractivity contribution is 0.167. The molecule has 0 spiro atoms. The van der Waals surface area contributed by atoms with E-state index in [0.29, 0.717) is 0 Å². The highest BCUT2D eigenvalue weighted by Crippen LogP contribution is 2.09. The summed E-state index contributed by atoms with van der Waals surface area (Å²) >= 11 is 7.19. The van der Waals surface area contributed by atoms with E-state index in [9.17, 15) is 4.79 Å². The second-order valence-electron chi connectivity index (χ2n) is 2.16. The van der Waals surface area contributed by atoms with Gasteiger partial charge in [0.2, 0.25) is 0 Å². The van der Waals surface area contributed by atoms with Crippen molar-refractivity contribution >= 4 is 39.6 Å². The van der Waals surface area contributed by atoms with Crippen LogP contribution in [0.2, 0.25) is 0 Å². The number of halogens is 2. The molecule has 0 N–H and O–H groups in total. The number of benzene rings is 1. The summed E-state index contributed by atoms with van der Waals surface area (Å²) in [6, 6.07) is 7.67. The molecule has 0 saturated carbocycles. The number of rotatable bonds is 2. The van der Waals surface area contributed by atoms with Crippen molar-refractivity contribution < 1.29 is 9.53 Å². The van der Waals surface area contributed by atoms with Crippen LogP contribution < -0.4 is 0 Å². The third-order valence-electron chi connectivity index (χ3n) is 1.24. The van der Waals surface area contributed by atoms with Gasteiger partial charge in [-0.1, -0.05) is 12.1 Å². The molecule has 2 nitrogen and oxygen atoms in total. The van der Waals surface area contributed by atoms with Crippen molar-refractivity contribution in [2.24, 2.45) is 0 Å². The molecule has 0 saturated heterocycles. The van der Waals surface area contributed by atoms with Crippen LogP contribution in [-0.2, 0) is 11.3 Å². The zero-order chi connectivity index (χ0) is 8.97. The van der Waals surface area contributed by atoms with Gasteiger partial charge in [-0.3, -0.25) is 0 Å². The fourth-order valence-corrected chi connectivity index (χ4v) is 1.43. The minimum atomic E-state index is -0.770. The van der Waals surface area contributed by atoms with Crippen molar-refractivity contribution in [3.8, 4) is 0 Å². The highest BCUT2D eigenvalue weighted by molar-refractivity contribution is 14.1. The lowest BCUT2D eigenvalue weighted by Gasteiger charge is -2.00. The van der Waals surface area contributed by atoms with E-state index in [0.717, 1.165) is 9.13 Å². The fourth-order valence-electron chi connectivity index (χ4n) is 0.767. The van der Waals surface area contributed by atoms with E-state index in [1.54, 1.807) is 0 Å². The maximum absolute atomic E-state index is 10.2. The molecule has 0 bridgehead atoms. The summed E-state index contributed by atoms with van der Waals surface area (Å²) in [5, 5.41) is 0. The van der Waals surface area contributed by atoms with Crippen molar-refractivity contribution in [2.75, 3.05) is 0 Å². The van der Waals surface area contributed by atoms with E-state index in [1.165, 1.54) is 0 Å². The molecule has 1 aromatic carbocycles. The smallest absolute Gasteiger partial charge is 0.404 e. The topological polar surface area (TPSA) is 26.3 Å². The van der Waals surface area contributed by atoms with Crippen LogP contribution in [0.3, 0.4) is 0 Å². The summed E-state index contributed by atoms with van der Waals surface area (Å²) in [6.45, 7) is 0.235. The van der Waals surface area contributed by atoms with Crippen LogP contribution in [0.4, 0.5) is 4.79 Å². The molecule has 0 aliphatic rings. The second kappa shape index (κ2) is 4.67. The van der Waals surface area contributed by atoms with Gasteiger partial charge in [0, 0.05) is 15.2 Å². The first-order chi connectivity index (χ1) is 5.68. The molecule has 0 atom stereocenters. The van der Waals surface area contributed by atoms with Crippen LogP contribution in [0.5, 0.6) is 0 Å². The Labute approximate surface area is 89.0 Å². The van der Waals surface area contributed by atoms with Crippen LogP contribution in [-0.4, -0.2) is 5.43 Å². The van der Waals surface area contributed by atoms with Crippen LogP contribution >= 0.6 is 34.2 Å². The van der Waals surface area contributed by atoms with Crippen LogP contribution in [0.25, 0.3) is 0 Å². The van der Waals surface area contributed by atoms with Gasteiger partial charge in [-0.25, -0.2) is 4.79 Å². The highest BCUT2D eigenvalue weighted by Gasteiger charge is 1.97. The normalized spacial score (nSPS) is 9.50. The van der Waals surface area contributed by atoms with Gasteiger partial charge in [0.15, 0.2) is 0 Å². The first-order valence-electron chi connectivity index (χ1n) is 3.25. The summed E-state index contributed by atoms with van der Waals surface area (Å²) < 4.78 is 5.71. The van der Waals surface area contributed by atoms with Crippen molar-refractivity contribution in [2.45, 2.75) is 6.61 Å². The highest BCUT2D eigenvalue weighted by atomic mass is 127. The van der Waals surface area contributed by atoms with Gasteiger partial charge in [-0.05, 0) is 40.3 Å². The quantitative estimate of drug-likeness (QED) is 0.619. The molecule has 0 radical (unpaired) electrons. The van der Waals surface area contributed by atoms with Crippen LogP contribution in [0.15, 0.2) is 24.3 Å². The van der Waals surface area contributed by atoms with Crippen LogP contribution in [0.1, 0.15) is 5.56 Å². The van der Waals surface area contributed by atoms with Gasteiger partial charge in [0.1, 0.15) is 6.61 Å². The predicted octanol–water partition coefficient (Wildman–Crippen LogP) is 3.17. The third-order valence-corrected chi connectivity index (χ3v) is 2.02. The molecule has 64 valence electrons. The molecule has 1 aromatic rings. The van der Waals surface area contributed by atoms with E-state index in [4.69, 9.17) is 11.6 Å². The van der Waals surface area contributed by atoms with Crippen molar-refractivity contribution in [3.63, 3.8) is 0 Å². The maximum Gasteiger partial charge on any atom is 0.404 e. The Morgan fingerprint density at radius 3 is 2.92 bits per heavy atom. The average Bonchev–Trinajstić information content (AvgIpc) is 2.01. The summed E-state index contributed by atoms with van der Waals surface area (Å²) in [6.07, 6.45) is 0.